The van der Waals surface area contributed by atoms with Crippen LogP contribution in [0.4, 0.5) is 4.79 Å². The summed E-state index contributed by atoms with van der Waals surface area (Å²) in [6.45, 7) is 6.99. The molecule has 0 saturated heterocycles. The molecule has 8 heteroatoms. The van der Waals surface area contributed by atoms with Gasteiger partial charge in [-0.1, -0.05) is 35.9 Å². The number of carbonyl (C=O) groups excluding carboxylic acids is 2. The summed E-state index contributed by atoms with van der Waals surface area (Å²) in [6, 6.07) is 13.1. The number of nitrogens with zero attached hydrogens (tertiary/aromatic N) is 3. The van der Waals surface area contributed by atoms with Crippen LogP contribution in [0.1, 0.15) is 41.6 Å². The van der Waals surface area contributed by atoms with E-state index >= 15 is 0 Å². The maximum Gasteiger partial charge on any atom is 0.317 e. The summed E-state index contributed by atoms with van der Waals surface area (Å²) in [5, 5.41) is 9.62. The molecule has 0 bridgehead atoms. The number of hydrogen-bond acceptors (Lipinski definition) is 4. The number of benzene rings is 2. The molecule has 176 valence electrons. The Kier molecular flexibility index (Phi) is 8.47. The van der Waals surface area contributed by atoms with E-state index in [4.69, 9.17) is 21.4 Å². The molecule has 0 radical (unpaired) electrons. The summed E-state index contributed by atoms with van der Waals surface area (Å²) in [6.07, 6.45) is 0.578. The first-order chi connectivity index (χ1) is 15.8. The third kappa shape index (κ3) is 6.12. The fraction of sp³-hybridized carbons (Fsp3) is 0.400. The number of carbonyl (C=O) groups is 2. The average molecular weight is 471 g/mol. The first-order valence-electron chi connectivity index (χ1n) is 11.1. The van der Waals surface area contributed by atoms with Crippen LogP contribution in [-0.4, -0.2) is 60.9 Å². The molecule has 2 aromatic rings. The zero-order chi connectivity index (χ0) is 24.0. The number of hydrogen-bond donors (Lipinski definition) is 1. The minimum Gasteiger partial charge on any atom is -0.383 e. The molecule has 0 aromatic heterocycles. The third-order valence-corrected chi connectivity index (χ3v) is 6.02. The van der Waals surface area contributed by atoms with Crippen LogP contribution in [0.15, 0.2) is 47.6 Å². The van der Waals surface area contributed by atoms with Crippen molar-refractivity contribution < 1.29 is 14.3 Å². The minimum absolute atomic E-state index is 0.0943. The highest BCUT2D eigenvalue weighted by molar-refractivity contribution is 6.30. The van der Waals surface area contributed by atoms with E-state index in [1.54, 1.807) is 7.11 Å². The first-order valence-corrected chi connectivity index (χ1v) is 11.5. The van der Waals surface area contributed by atoms with Crippen LogP contribution < -0.4 is 5.32 Å². The van der Waals surface area contributed by atoms with Crippen molar-refractivity contribution in [3.8, 4) is 0 Å². The number of rotatable bonds is 8. The summed E-state index contributed by atoms with van der Waals surface area (Å²) in [7, 11) is 1.56. The largest absolute Gasteiger partial charge is 0.383 e. The predicted octanol–water partition coefficient (Wildman–Crippen LogP) is 4.31. The maximum absolute atomic E-state index is 13.4. The number of amides is 3. The zero-order valence-corrected chi connectivity index (χ0v) is 20.4. The smallest absolute Gasteiger partial charge is 0.317 e. The van der Waals surface area contributed by atoms with Gasteiger partial charge in [0, 0.05) is 31.6 Å². The number of halogens is 1. The Morgan fingerprint density at radius 1 is 1.18 bits per heavy atom. The summed E-state index contributed by atoms with van der Waals surface area (Å²) in [5.41, 5.74) is 5.15. The van der Waals surface area contributed by atoms with Gasteiger partial charge in [-0.25, -0.2) is 9.80 Å². The summed E-state index contributed by atoms with van der Waals surface area (Å²) >= 11 is 6.08. The van der Waals surface area contributed by atoms with E-state index in [0.29, 0.717) is 31.1 Å². The highest BCUT2D eigenvalue weighted by Gasteiger charge is 2.34. The average Bonchev–Trinajstić information content (AvgIpc) is 3.24. The molecule has 0 spiro atoms. The van der Waals surface area contributed by atoms with Crippen molar-refractivity contribution in [2.45, 2.75) is 33.2 Å². The molecule has 1 N–H and O–H groups in total. The van der Waals surface area contributed by atoms with Crippen LogP contribution in [0.2, 0.25) is 5.02 Å². The van der Waals surface area contributed by atoms with Crippen LogP contribution in [-0.2, 0) is 9.53 Å². The van der Waals surface area contributed by atoms with Gasteiger partial charge in [-0.15, -0.1) is 0 Å². The van der Waals surface area contributed by atoms with Gasteiger partial charge in [0.2, 0.25) is 0 Å². The molecule has 1 atom stereocenters. The van der Waals surface area contributed by atoms with Crippen molar-refractivity contribution in [2.75, 3.05) is 33.4 Å². The van der Waals surface area contributed by atoms with Gasteiger partial charge in [0.1, 0.15) is 6.54 Å². The van der Waals surface area contributed by atoms with Crippen LogP contribution in [0, 0.1) is 13.8 Å². The molecule has 1 aliphatic rings. The van der Waals surface area contributed by atoms with Crippen LogP contribution >= 0.6 is 11.6 Å². The summed E-state index contributed by atoms with van der Waals surface area (Å²) in [5.74, 6) is -0.254. The lowest BCUT2D eigenvalue weighted by Crippen LogP contribution is -2.47. The quantitative estimate of drug-likeness (QED) is 0.624. The lowest BCUT2D eigenvalue weighted by molar-refractivity contribution is -0.133. The number of ether oxygens (including phenoxy) is 1. The van der Waals surface area contributed by atoms with Gasteiger partial charge < -0.3 is 15.0 Å². The monoisotopic (exact) mass is 470 g/mol. The molecule has 7 nitrogen and oxygen atoms in total. The SMILES string of the molecule is CCNC(=O)N(CCOC)CC(=O)N1N=C(c2ccc(C)c(C)c2)CC1c1ccc(Cl)cc1. The zero-order valence-electron chi connectivity index (χ0n) is 19.6. The van der Waals surface area contributed by atoms with E-state index < -0.39 is 0 Å². The molecule has 0 saturated carbocycles. The van der Waals surface area contributed by atoms with E-state index in [0.717, 1.165) is 16.8 Å². The molecule has 3 rings (SSSR count). The van der Waals surface area contributed by atoms with Gasteiger partial charge in [-0.3, -0.25) is 4.79 Å². The number of nitrogens with one attached hydrogen (secondary N) is 1. The van der Waals surface area contributed by atoms with E-state index in [-0.39, 0.29) is 24.5 Å². The molecule has 2 aromatic carbocycles. The fourth-order valence-electron chi connectivity index (χ4n) is 3.73. The molecule has 3 amide bonds. The van der Waals surface area contributed by atoms with E-state index in [9.17, 15) is 9.59 Å². The van der Waals surface area contributed by atoms with E-state index in [2.05, 4.69) is 31.3 Å². The van der Waals surface area contributed by atoms with Gasteiger partial charge >= 0.3 is 6.03 Å². The molecule has 0 fully saturated rings. The molecular weight excluding hydrogens is 440 g/mol. The lowest BCUT2D eigenvalue weighted by Gasteiger charge is -2.27. The molecular formula is C25H31ClN4O3. The predicted molar refractivity (Wildman–Crippen MR) is 131 cm³/mol. The van der Waals surface area contributed by atoms with Crippen molar-refractivity contribution in [2.24, 2.45) is 5.10 Å². The number of aryl methyl sites for hydroxylation is 2. The number of methoxy groups -OCH3 is 1. The van der Waals surface area contributed by atoms with Crippen LogP contribution in [0.5, 0.6) is 0 Å². The standard InChI is InChI=1S/C25H31ClN4O3/c1-5-27-25(32)29(12-13-33-4)16-24(31)30-23(19-8-10-21(26)11-9-19)15-22(28-30)20-7-6-17(2)18(3)14-20/h6-11,14,23H,5,12-13,15-16H2,1-4H3,(H,27,32). The highest BCUT2D eigenvalue weighted by atomic mass is 35.5. The number of urea groups is 1. The Hall–Kier alpha value is -2.90. The minimum atomic E-state index is -0.302. The van der Waals surface area contributed by atoms with Crippen molar-refractivity contribution in [1.82, 2.24) is 15.2 Å². The Morgan fingerprint density at radius 2 is 1.91 bits per heavy atom. The Labute approximate surface area is 200 Å². The van der Waals surface area contributed by atoms with Gasteiger partial charge in [0.15, 0.2) is 0 Å². The van der Waals surface area contributed by atoms with Gasteiger partial charge in [-0.2, -0.15) is 5.10 Å². The van der Waals surface area contributed by atoms with Gasteiger partial charge in [-0.05, 0) is 61.2 Å². The second kappa shape index (κ2) is 11.3. The summed E-state index contributed by atoms with van der Waals surface area (Å²) in [4.78, 5) is 27.3. The van der Waals surface area contributed by atoms with Crippen molar-refractivity contribution in [3.05, 3.63) is 69.7 Å². The molecule has 1 unspecified atom stereocenters. The van der Waals surface area contributed by atoms with Gasteiger partial charge in [0.05, 0.1) is 18.4 Å². The third-order valence-electron chi connectivity index (χ3n) is 5.77. The number of hydrazone groups is 1. The second-order valence-corrected chi connectivity index (χ2v) is 8.54. The molecule has 0 aliphatic carbocycles. The molecule has 33 heavy (non-hydrogen) atoms. The normalized spacial score (nSPS) is 15.4. The topological polar surface area (TPSA) is 74.2 Å². The van der Waals surface area contributed by atoms with Gasteiger partial charge in [0.25, 0.3) is 5.91 Å². The van der Waals surface area contributed by atoms with E-state index in [1.165, 1.54) is 21.0 Å². The first kappa shape index (κ1) is 24.7. The Balaban J connectivity index is 1.90. The maximum atomic E-state index is 13.4. The second-order valence-electron chi connectivity index (χ2n) is 8.11. The summed E-state index contributed by atoms with van der Waals surface area (Å²) < 4.78 is 5.12. The molecule has 1 heterocycles. The van der Waals surface area contributed by atoms with Crippen molar-refractivity contribution in [3.63, 3.8) is 0 Å². The Bertz CT molecular complexity index is 1020. The Morgan fingerprint density at radius 3 is 2.55 bits per heavy atom. The van der Waals surface area contributed by atoms with Crippen molar-refractivity contribution >= 4 is 29.3 Å². The highest BCUT2D eigenvalue weighted by Crippen LogP contribution is 2.33. The lowest BCUT2D eigenvalue weighted by atomic mass is 9.96. The van der Waals surface area contributed by atoms with Crippen molar-refractivity contribution in [1.29, 1.82) is 0 Å². The van der Waals surface area contributed by atoms with E-state index in [1.807, 2.05) is 37.3 Å². The molecule has 1 aliphatic heterocycles. The fourth-order valence-corrected chi connectivity index (χ4v) is 3.86. The van der Waals surface area contributed by atoms with Crippen LogP contribution in [0.25, 0.3) is 0 Å². The van der Waals surface area contributed by atoms with Crippen LogP contribution in [0.3, 0.4) is 0 Å².